The lowest BCUT2D eigenvalue weighted by Gasteiger charge is -2.16. The van der Waals surface area contributed by atoms with Crippen LogP contribution in [0.1, 0.15) is 141 Å². The zero-order valence-corrected chi connectivity index (χ0v) is 27.0. The van der Waals surface area contributed by atoms with Crippen molar-refractivity contribution in [2.75, 3.05) is 32.2 Å². The van der Waals surface area contributed by atoms with Gasteiger partial charge in [0.1, 0.15) is 17.9 Å². The number of anilines is 1. The molecule has 3 unspecified atom stereocenters. The molecule has 0 radical (unpaired) electrons. The Morgan fingerprint density at radius 2 is 1.45 bits per heavy atom. The van der Waals surface area contributed by atoms with Crippen LogP contribution in [0.2, 0.25) is 0 Å². The van der Waals surface area contributed by atoms with Crippen LogP contribution in [0.15, 0.2) is 18.5 Å². The number of fused-ring (bicyclic) bond motifs is 1. The predicted octanol–water partition coefficient (Wildman–Crippen LogP) is 8.45. The first-order valence-electron chi connectivity index (χ1n) is 16.7. The average molecular weight is 609 g/mol. The molecule has 3 heterocycles. The minimum atomic E-state index is -1.91. The van der Waals surface area contributed by atoms with Crippen molar-refractivity contribution in [1.82, 2.24) is 14.6 Å². The van der Waals surface area contributed by atoms with Crippen LogP contribution in [0.3, 0.4) is 0 Å². The molecule has 240 valence electrons. The number of aromatic nitrogens is 3. The summed E-state index contributed by atoms with van der Waals surface area (Å²) in [5.74, 6) is 0.447. The molecule has 2 aromatic heterocycles. The smallest absolute Gasteiger partial charge is 0.329 e. The monoisotopic (exact) mass is 608 g/mol. The maximum absolute atomic E-state index is 10.1. The summed E-state index contributed by atoms with van der Waals surface area (Å²) in [4.78, 5) is 14.1. The SMILES string of the molecule is CCCCCCCCCCCCCCCCCCOCCCOP(O)OCC1CCC(c2ccc3c(N)ncnn23)O1. The van der Waals surface area contributed by atoms with E-state index in [9.17, 15) is 4.89 Å². The molecule has 0 aromatic carbocycles. The van der Waals surface area contributed by atoms with E-state index in [4.69, 9.17) is 24.3 Å². The summed E-state index contributed by atoms with van der Waals surface area (Å²) < 4.78 is 24.6. The Labute approximate surface area is 255 Å². The van der Waals surface area contributed by atoms with Gasteiger partial charge < -0.3 is 29.1 Å². The first-order valence-corrected chi connectivity index (χ1v) is 17.9. The van der Waals surface area contributed by atoms with Crippen LogP contribution in [-0.2, 0) is 18.5 Å². The fourth-order valence-electron chi connectivity index (χ4n) is 5.60. The lowest BCUT2D eigenvalue weighted by Crippen LogP contribution is -2.14. The third kappa shape index (κ3) is 14.0. The van der Waals surface area contributed by atoms with Gasteiger partial charge in [0.25, 0.3) is 0 Å². The van der Waals surface area contributed by atoms with Gasteiger partial charge in [-0.2, -0.15) is 5.10 Å². The van der Waals surface area contributed by atoms with Crippen LogP contribution in [0.4, 0.5) is 5.82 Å². The van der Waals surface area contributed by atoms with Gasteiger partial charge in [-0.15, -0.1) is 0 Å². The number of hydrogen-bond acceptors (Lipinski definition) is 8. The second-order valence-electron chi connectivity index (χ2n) is 11.7. The number of nitrogens with zero attached hydrogens (tertiary/aromatic N) is 3. The molecule has 0 bridgehead atoms. The maximum Gasteiger partial charge on any atom is 0.329 e. The van der Waals surface area contributed by atoms with Gasteiger partial charge in [-0.25, -0.2) is 9.50 Å². The number of rotatable bonds is 26. The summed E-state index contributed by atoms with van der Waals surface area (Å²) >= 11 is 0. The van der Waals surface area contributed by atoms with Gasteiger partial charge in [0.2, 0.25) is 0 Å². The highest BCUT2D eigenvalue weighted by Gasteiger charge is 2.30. The van der Waals surface area contributed by atoms with Crippen LogP contribution in [0.5, 0.6) is 0 Å². The molecule has 0 saturated carbocycles. The first kappa shape index (κ1) is 35.1. The van der Waals surface area contributed by atoms with Gasteiger partial charge in [-0.3, -0.25) is 0 Å². The third-order valence-electron chi connectivity index (χ3n) is 8.10. The lowest BCUT2D eigenvalue weighted by atomic mass is 10.0. The van der Waals surface area contributed by atoms with E-state index in [0.29, 0.717) is 25.6 Å². The van der Waals surface area contributed by atoms with Gasteiger partial charge in [-0.05, 0) is 37.8 Å². The van der Waals surface area contributed by atoms with Gasteiger partial charge in [0, 0.05) is 13.2 Å². The summed E-state index contributed by atoms with van der Waals surface area (Å²) in [6.07, 6.45) is 25.7. The fourth-order valence-corrected chi connectivity index (χ4v) is 6.26. The van der Waals surface area contributed by atoms with Crippen molar-refractivity contribution in [3.05, 3.63) is 24.2 Å². The predicted molar refractivity (Wildman–Crippen MR) is 170 cm³/mol. The summed E-state index contributed by atoms with van der Waals surface area (Å²) in [5, 5.41) is 4.29. The van der Waals surface area contributed by atoms with E-state index >= 15 is 0 Å². The minimum Gasteiger partial charge on any atom is -0.382 e. The van der Waals surface area contributed by atoms with Gasteiger partial charge >= 0.3 is 8.60 Å². The zero-order valence-electron chi connectivity index (χ0n) is 26.1. The highest BCUT2D eigenvalue weighted by atomic mass is 31.2. The largest absolute Gasteiger partial charge is 0.382 e. The van der Waals surface area contributed by atoms with Crippen LogP contribution in [0.25, 0.3) is 5.52 Å². The second-order valence-corrected chi connectivity index (χ2v) is 12.7. The number of nitrogens with two attached hydrogens (primary N) is 1. The average Bonchev–Trinajstić information content (AvgIpc) is 3.65. The van der Waals surface area contributed by atoms with Crippen LogP contribution < -0.4 is 5.73 Å². The standard InChI is InChI=1S/C32H57N4O5P/c1-2-3-4-5-6-7-8-9-10-11-12-13-14-15-16-17-23-38-24-18-25-39-42(37)40-26-28-19-22-31(41-28)29-20-21-30-32(33)34-27-35-36(29)30/h20-21,27-28,31,37H,2-19,22-26H2,1H3,(H2,33,34,35). The third-order valence-corrected chi connectivity index (χ3v) is 8.87. The molecular formula is C32H57N4O5P. The molecule has 9 nitrogen and oxygen atoms in total. The van der Waals surface area contributed by atoms with E-state index in [1.54, 1.807) is 4.52 Å². The molecule has 1 aliphatic rings. The Balaban J connectivity index is 1.05. The molecule has 2 aromatic rings. The van der Waals surface area contributed by atoms with E-state index in [2.05, 4.69) is 17.0 Å². The highest BCUT2D eigenvalue weighted by molar-refractivity contribution is 7.40. The Morgan fingerprint density at radius 3 is 2.12 bits per heavy atom. The zero-order chi connectivity index (χ0) is 29.7. The molecule has 0 amide bonds. The normalized spacial score (nSPS) is 17.9. The van der Waals surface area contributed by atoms with E-state index in [1.807, 2.05) is 12.1 Å². The van der Waals surface area contributed by atoms with Crippen molar-refractivity contribution in [2.45, 2.75) is 141 Å². The molecule has 42 heavy (non-hydrogen) atoms. The van der Waals surface area contributed by atoms with Crippen molar-refractivity contribution in [1.29, 1.82) is 0 Å². The summed E-state index contributed by atoms with van der Waals surface area (Å²) in [5.41, 5.74) is 7.65. The molecule has 0 spiro atoms. The van der Waals surface area contributed by atoms with Crippen molar-refractivity contribution < 1.29 is 23.4 Å². The molecule has 3 atom stereocenters. The summed E-state index contributed by atoms with van der Waals surface area (Å²) in [6.45, 7) is 4.46. The summed E-state index contributed by atoms with van der Waals surface area (Å²) in [7, 11) is -1.91. The van der Waals surface area contributed by atoms with Gasteiger partial charge in [0.15, 0.2) is 5.82 Å². The van der Waals surface area contributed by atoms with E-state index in [1.165, 1.54) is 103 Å². The maximum atomic E-state index is 10.1. The molecule has 10 heteroatoms. The Bertz CT molecular complexity index is 949. The molecule has 3 N–H and O–H groups in total. The Hall–Kier alpha value is -1.35. The van der Waals surface area contributed by atoms with Crippen molar-refractivity contribution >= 4 is 19.9 Å². The molecular weight excluding hydrogens is 551 g/mol. The molecule has 1 fully saturated rings. The Morgan fingerprint density at radius 1 is 0.833 bits per heavy atom. The van der Waals surface area contributed by atoms with Crippen molar-refractivity contribution in [3.8, 4) is 0 Å². The molecule has 3 rings (SSSR count). The highest BCUT2D eigenvalue weighted by Crippen LogP contribution is 2.38. The fraction of sp³-hybridized carbons (Fsp3) is 0.812. The van der Waals surface area contributed by atoms with Crippen LogP contribution in [-0.4, -0.2) is 52.0 Å². The quantitative estimate of drug-likeness (QED) is 0.0808. The molecule has 0 aliphatic carbocycles. The number of ether oxygens (including phenoxy) is 2. The Kier molecular flexibility index (Phi) is 18.6. The second kappa shape index (κ2) is 22.2. The topological polar surface area (TPSA) is 113 Å². The number of unbranched alkanes of at least 4 members (excludes halogenated alkanes) is 15. The molecule has 1 saturated heterocycles. The minimum absolute atomic E-state index is 0.0900. The first-order chi connectivity index (χ1) is 20.7. The number of nitrogen functional groups attached to an aromatic ring is 1. The van der Waals surface area contributed by atoms with E-state index in [0.717, 1.165) is 43.5 Å². The lowest BCUT2D eigenvalue weighted by molar-refractivity contribution is 0.00993. The van der Waals surface area contributed by atoms with E-state index in [-0.39, 0.29) is 12.2 Å². The van der Waals surface area contributed by atoms with Crippen molar-refractivity contribution in [3.63, 3.8) is 0 Å². The molecule has 1 aliphatic heterocycles. The number of hydrogen-bond donors (Lipinski definition) is 2. The van der Waals surface area contributed by atoms with Crippen LogP contribution in [0, 0.1) is 0 Å². The van der Waals surface area contributed by atoms with Crippen LogP contribution >= 0.6 is 8.60 Å². The summed E-state index contributed by atoms with van der Waals surface area (Å²) in [6, 6.07) is 3.88. The van der Waals surface area contributed by atoms with E-state index < -0.39 is 8.60 Å². The van der Waals surface area contributed by atoms with Gasteiger partial charge in [0.05, 0.1) is 25.0 Å². The van der Waals surface area contributed by atoms with Crippen molar-refractivity contribution in [2.24, 2.45) is 0 Å². The van der Waals surface area contributed by atoms with Gasteiger partial charge in [-0.1, -0.05) is 103 Å².